The van der Waals surface area contributed by atoms with Crippen molar-refractivity contribution in [1.29, 1.82) is 0 Å². The Morgan fingerprint density at radius 3 is 2.25 bits per heavy atom. The first kappa shape index (κ1) is 3.96. The molecule has 0 aromatic carbocycles. The van der Waals surface area contributed by atoms with Gasteiger partial charge in [-0.05, 0) is 0 Å². The van der Waals surface area contributed by atoms with Crippen molar-refractivity contribution in [3.8, 4) is 0 Å². The highest BCUT2D eigenvalue weighted by atomic mass is 28.2. The van der Waals surface area contributed by atoms with Crippen LogP contribution in [-0.4, -0.2) is 9.52 Å². The molecule has 0 heterocycles. The molecular formula is C3H7Si. The van der Waals surface area contributed by atoms with E-state index in [1.807, 2.05) is 5.70 Å². The molecule has 0 aromatic heterocycles. The molecule has 0 aliphatic heterocycles. The van der Waals surface area contributed by atoms with Crippen LogP contribution in [0.25, 0.3) is 0 Å². The van der Waals surface area contributed by atoms with Crippen molar-refractivity contribution in [2.24, 2.45) is 0 Å². The van der Waals surface area contributed by atoms with Crippen LogP contribution in [0.1, 0.15) is 0 Å². The second-order valence-corrected chi connectivity index (χ2v) is 1.71. The Bertz CT molecular complexity index is 17.2. The van der Waals surface area contributed by atoms with Gasteiger partial charge in [-0.15, -0.1) is 12.3 Å². The molecule has 0 bridgehead atoms. The molecule has 1 radical (unpaired) electrons. The summed E-state index contributed by atoms with van der Waals surface area (Å²) < 4.78 is 0. The molecule has 0 amide bonds. The molecule has 0 saturated heterocycles. The van der Waals surface area contributed by atoms with Gasteiger partial charge >= 0.3 is 0 Å². The lowest BCUT2D eigenvalue weighted by atomic mass is 11.3. The summed E-state index contributed by atoms with van der Waals surface area (Å²) in [4.78, 5) is 0. The molecular weight excluding hydrogens is 64.1 g/mol. The lowest BCUT2D eigenvalue weighted by Crippen LogP contribution is -1.61. The molecule has 0 fully saturated rings. The van der Waals surface area contributed by atoms with E-state index in [1.54, 1.807) is 0 Å². The third kappa shape index (κ3) is 1.96. The predicted octanol–water partition coefficient (Wildman–Crippen LogP) is 0.614. The average Bonchev–Trinajstić information content (AvgIpc) is 1.37. The molecule has 0 atom stereocenters. The maximum absolute atomic E-state index is 3.52. The van der Waals surface area contributed by atoms with Crippen molar-refractivity contribution in [3.05, 3.63) is 12.3 Å². The van der Waals surface area contributed by atoms with Crippen molar-refractivity contribution in [1.82, 2.24) is 0 Å². The van der Waals surface area contributed by atoms with Crippen LogP contribution in [-0.2, 0) is 0 Å². The van der Waals surface area contributed by atoms with E-state index < -0.39 is 0 Å². The molecule has 0 N–H and O–H groups in total. The Morgan fingerprint density at radius 1 is 2.00 bits per heavy atom. The largest absolute Gasteiger partial charge is 0.108 e. The van der Waals surface area contributed by atoms with Gasteiger partial charge in [0.25, 0.3) is 0 Å². The van der Waals surface area contributed by atoms with Gasteiger partial charge in [-0.1, -0.05) is 6.55 Å². The summed E-state index contributed by atoms with van der Waals surface area (Å²) in [5.74, 6) is 0. The zero-order valence-corrected chi connectivity index (χ0v) is 4.02. The van der Waals surface area contributed by atoms with Gasteiger partial charge < -0.3 is 0 Å². The molecule has 0 saturated carbocycles. The zero-order valence-electron chi connectivity index (χ0n) is 2.86. The molecule has 0 aromatic rings. The van der Waals surface area contributed by atoms with Gasteiger partial charge in [-0.3, -0.25) is 0 Å². The normalized spacial score (nSPS) is 6.25. The first-order valence-corrected chi connectivity index (χ1v) is 3.14. The molecule has 0 spiro atoms. The van der Waals surface area contributed by atoms with E-state index in [9.17, 15) is 0 Å². The summed E-state index contributed by atoms with van der Waals surface area (Å²) in [7, 11) is 0.546. The number of hydrogen-bond donors (Lipinski definition) is 0. The topological polar surface area (TPSA) is 0 Å². The molecule has 0 nitrogen and oxygen atoms in total. The monoisotopic (exact) mass is 71.0 g/mol. The van der Waals surface area contributed by atoms with Gasteiger partial charge in [0.2, 0.25) is 0 Å². The number of hydrogen-bond acceptors (Lipinski definition) is 0. The lowest BCUT2D eigenvalue weighted by molar-refractivity contribution is 2.26. The van der Waals surface area contributed by atoms with E-state index in [4.69, 9.17) is 0 Å². The van der Waals surface area contributed by atoms with Crippen LogP contribution >= 0.6 is 0 Å². The van der Waals surface area contributed by atoms with Gasteiger partial charge in [-0.25, -0.2) is 0 Å². The zero-order chi connectivity index (χ0) is 3.41. The highest BCUT2D eigenvalue weighted by molar-refractivity contribution is 6.39. The SMILES string of the molecule is C=C[SiH]C. The quantitative estimate of drug-likeness (QED) is 0.397. The van der Waals surface area contributed by atoms with Crippen molar-refractivity contribution in [3.63, 3.8) is 0 Å². The van der Waals surface area contributed by atoms with Crippen LogP contribution in [0.4, 0.5) is 0 Å². The number of rotatable bonds is 1. The van der Waals surface area contributed by atoms with Crippen LogP contribution in [0.3, 0.4) is 0 Å². The van der Waals surface area contributed by atoms with Crippen LogP contribution in [0, 0.1) is 0 Å². The maximum atomic E-state index is 3.52. The third-order valence-electron chi connectivity index (χ3n) is 0.236. The fourth-order valence-corrected chi connectivity index (χ4v) is 0. The Hall–Kier alpha value is -0.0431. The molecule has 0 aliphatic rings. The summed E-state index contributed by atoms with van der Waals surface area (Å²) in [5.41, 5.74) is 1.96. The van der Waals surface area contributed by atoms with Crippen LogP contribution in [0.2, 0.25) is 6.55 Å². The minimum absolute atomic E-state index is 0.546. The fraction of sp³-hybridized carbons (Fsp3) is 0.333. The summed E-state index contributed by atoms with van der Waals surface area (Å²) >= 11 is 0. The summed E-state index contributed by atoms with van der Waals surface area (Å²) in [6.07, 6.45) is 0. The molecule has 23 valence electrons. The van der Waals surface area contributed by atoms with Gasteiger partial charge in [0, 0.05) is 0 Å². The fourth-order valence-electron chi connectivity index (χ4n) is 0. The van der Waals surface area contributed by atoms with Gasteiger partial charge in [0.05, 0.1) is 9.52 Å². The van der Waals surface area contributed by atoms with Crippen molar-refractivity contribution in [2.45, 2.75) is 6.55 Å². The smallest absolute Gasteiger partial charge is 0.0528 e. The standard InChI is InChI=1S/C3H7Si/c1-3-4-2/h3-4H,1H2,2H3. The summed E-state index contributed by atoms with van der Waals surface area (Å²) in [5, 5.41) is 0. The maximum Gasteiger partial charge on any atom is 0.0528 e. The summed E-state index contributed by atoms with van der Waals surface area (Å²) in [6, 6.07) is 0. The van der Waals surface area contributed by atoms with E-state index in [2.05, 4.69) is 13.1 Å². The molecule has 0 unspecified atom stereocenters. The van der Waals surface area contributed by atoms with Crippen molar-refractivity contribution < 1.29 is 0 Å². The van der Waals surface area contributed by atoms with E-state index >= 15 is 0 Å². The second-order valence-electron chi connectivity index (χ2n) is 0.569. The van der Waals surface area contributed by atoms with Crippen LogP contribution in [0.5, 0.6) is 0 Å². The van der Waals surface area contributed by atoms with Gasteiger partial charge in [0.1, 0.15) is 0 Å². The minimum Gasteiger partial charge on any atom is -0.108 e. The summed E-state index contributed by atoms with van der Waals surface area (Å²) in [6.45, 7) is 5.66. The van der Waals surface area contributed by atoms with Gasteiger partial charge in [0.15, 0.2) is 0 Å². The second kappa shape index (κ2) is 2.96. The average molecular weight is 71.2 g/mol. The Labute approximate surface area is 29.4 Å². The first-order chi connectivity index (χ1) is 1.91. The third-order valence-corrected chi connectivity index (χ3v) is 0.707. The van der Waals surface area contributed by atoms with Gasteiger partial charge in [-0.2, -0.15) is 0 Å². The van der Waals surface area contributed by atoms with Crippen LogP contribution < -0.4 is 0 Å². The van der Waals surface area contributed by atoms with E-state index in [0.717, 1.165) is 0 Å². The minimum atomic E-state index is 0.546. The molecule has 0 aliphatic carbocycles. The highest BCUT2D eigenvalue weighted by Crippen LogP contribution is 1.48. The molecule has 4 heavy (non-hydrogen) atoms. The lowest BCUT2D eigenvalue weighted by Gasteiger charge is -1.54. The van der Waals surface area contributed by atoms with Crippen molar-refractivity contribution in [2.75, 3.05) is 0 Å². The van der Waals surface area contributed by atoms with E-state index in [0.29, 0.717) is 9.52 Å². The molecule has 1 heteroatoms. The Kier molecular flexibility index (Phi) is 2.93. The first-order valence-electron chi connectivity index (χ1n) is 1.32. The van der Waals surface area contributed by atoms with Crippen LogP contribution in [0.15, 0.2) is 12.3 Å². The Morgan fingerprint density at radius 2 is 2.25 bits per heavy atom. The molecule has 0 rings (SSSR count). The Balaban J connectivity index is 2.30. The van der Waals surface area contributed by atoms with Crippen molar-refractivity contribution >= 4 is 9.52 Å². The highest BCUT2D eigenvalue weighted by Gasteiger charge is 1.48. The van der Waals surface area contributed by atoms with E-state index in [-0.39, 0.29) is 0 Å². The predicted molar refractivity (Wildman–Crippen MR) is 23.2 cm³/mol. The van der Waals surface area contributed by atoms with E-state index in [1.165, 1.54) is 0 Å².